The molecule has 0 bridgehead atoms. The van der Waals surface area contributed by atoms with Crippen molar-refractivity contribution in [3.8, 4) is 11.8 Å². The average molecular weight is 541 g/mol. The van der Waals surface area contributed by atoms with Crippen LogP contribution in [0.4, 0.5) is 10.1 Å². The predicted octanol–water partition coefficient (Wildman–Crippen LogP) is 5.85. The lowest BCUT2D eigenvalue weighted by Crippen LogP contribution is -2.47. The van der Waals surface area contributed by atoms with Crippen LogP contribution in [0.3, 0.4) is 0 Å². The largest absolute Gasteiger partial charge is 0.507 e. The fourth-order valence-corrected chi connectivity index (χ4v) is 6.02. The summed E-state index contributed by atoms with van der Waals surface area (Å²) in [6, 6.07) is 14.0. The van der Waals surface area contributed by atoms with E-state index in [2.05, 4.69) is 21.2 Å². The first kappa shape index (κ1) is 28.2. The van der Waals surface area contributed by atoms with Gasteiger partial charge in [-0.1, -0.05) is 36.6 Å². The molecule has 1 amide bonds. The molecule has 2 aliphatic rings. The minimum absolute atomic E-state index is 0.0192. The van der Waals surface area contributed by atoms with Gasteiger partial charge in [0.15, 0.2) is 0 Å². The standard InChI is InChI=1S/C30H38ClFN4O2/c31-27-20-25(11-12-28(27)32)36-18-16-35(17-19-36)15-13-22-7-9-23(10-8-22)24(21-33)4-3-14-34-30(38)26-5-1-2-6-29(26)37/h1-2,5-6,11-12,20,22-24,37H,3-4,7-10,13-19H2,(H,34,38). The van der Waals surface area contributed by atoms with Crippen molar-refractivity contribution in [1.29, 1.82) is 5.26 Å². The van der Waals surface area contributed by atoms with Crippen LogP contribution in [0.2, 0.25) is 5.02 Å². The Balaban J connectivity index is 1.11. The molecule has 2 aromatic rings. The Morgan fingerprint density at radius 1 is 1.13 bits per heavy atom. The van der Waals surface area contributed by atoms with E-state index < -0.39 is 0 Å². The van der Waals surface area contributed by atoms with Crippen LogP contribution >= 0.6 is 11.6 Å². The molecule has 0 radical (unpaired) electrons. The summed E-state index contributed by atoms with van der Waals surface area (Å²) in [6.07, 6.45) is 7.31. The second-order valence-corrected chi connectivity index (χ2v) is 11.1. The lowest BCUT2D eigenvalue weighted by atomic mass is 9.74. The number of carbonyl (C=O) groups is 1. The highest BCUT2D eigenvalue weighted by Gasteiger charge is 2.28. The number of nitriles is 1. The first-order valence-electron chi connectivity index (χ1n) is 13.8. The Morgan fingerprint density at radius 2 is 1.87 bits per heavy atom. The molecular weight excluding hydrogens is 503 g/mol. The van der Waals surface area contributed by atoms with E-state index >= 15 is 0 Å². The zero-order valence-corrected chi connectivity index (χ0v) is 22.7. The Labute approximate surface area is 230 Å². The van der Waals surface area contributed by atoms with E-state index in [0.717, 1.165) is 70.0 Å². The molecule has 0 aromatic heterocycles. The highest BCUT2D eigenvalue weighted by Crippen LogP contribution is 2.36. The van der Waals surface area contributed by atoms with E-state index in [1.54, 1.807) is 30.3 Å². The predicted molar refractivity (Wildman–Crippen MR) is 149 cm³/mol. The smallest absolute Gasteiger partial charge is 0.255 e. The van der Waals surface area contributed by atoms with E-state index in [1.807, 2.05) is 0 Å². The van der Waals surface area contributed by atoms with Crippen LogP contribution < -0.4 is 10.2 Å². The van der Waals surface area contributed by atoms with Crippen molar-refractivity contribution in [1.82, 2.24) is 10.2 Å². The Morgan fingerprint density at radius 3 is 2.55 bits per heavy atom. The second-order valence-electron chi connectivity index (χ2n) is 10.6. The van der Waals surface area contributed by atoms with Crippen molar-refractivity contribution in [3.05, 3.63) is 58.9 Å². The third-order valence-electron chi connectivity index (χ3n) is 8.25. The summed E-state index contributed by atoms with van der Waals surface area (Å²) in [6.45, 7) is 5.45. The molecule has 2 aromatic carbocycles. The van der Waals surface area contributed by atoms with Gasteiger partial charge in [-0.05, 0) is 80.8 Å². The molecule has 1 heterocycles. The number of phenols is 1. The van der Waals surface area contributed by atoms with Crippen LogP contribution in [-0.4, -0.2) is 55.2 Å². The number of benzene rings is 2. The maximum atomic E-state index is 13.5. The number of nitrogens with one attached hydrogen (secondary N) is 1. The number of halogens is 2. The fourth-order valence-electron chi connectivity index (χ4n) is 5.85. The maximum absolute atomic E-state index is 13.5. The third-order valence-corrected chi connectivity index (χ3v) is 8.54. The van der Waals surface area contributed by atoms with Gasteiger partial charge in [-0.25, -0.2) is 4.39 Å². The molecular formula is C30H38ClFN4O2. The lowest BCUT2D eigenvalue weighted by Gasteiger charge is -2.37. The van der Waals surface area contributed by atoms with Crippen LogP contribution in [0.25, 0.3) is 0 Å². The molecule has 2 fully saturated rings. The van der Waals surface area contributed by atoms with Crippen LogP contribution in [0.1, 0.15) is 55.3 Å². The summed E-state index contributed by atoms with van der Waals surface area (Å²) in [5.74, 6) is 0.520. The molecule has 4 rings (SSSR count). The highest BCUT2D eigenvalue weighted by atomic mass is 35.5. The van der Waals surface area contributed by atoms with E-state index in [-0.39, 0.29) is 34.0 Å². The number of para-hydroxylation sites is 1. The molecule has 38 heavy (non-hydrogen) atoms. The molecule has 8 heteroatoms. The summed E-state index contributed by atoms with van der Waals surface area (Å²) in [5.41, 5.74) is 1.27. The van der Waals surface area contributed by atoms with E-state index in [1.165, 1.54) is 31.4 Å². The van der Waals surface area contributed by atoms with Crippen molar-refractivity contribution in [2.45, 2.75) is 44.9 Å². The number of hydrogen-bond donors (Lipinski definition) is 2. The minimum atomic E-state index is -0.376. The lowest BCUT2D eigenvalue weighted by molar-refractivity contribution is 0.0949. The maximum Gasteiger partial charge on any atom is 0.255 e. The molecule has 1 atom stereocenters. The topological polar surface area (TPSA) is 79.6 Å². The molecule has 1 aliphatic carbocycles. The van der Waals surface area contributed by atoms with Crippen LogP contribution in [0.15, 0.2) is 42.5 Å². The van der Waals surface area contributed by atoms with Crippen LogP contribution in [0.5, 0.6) is 5.75 Å². The number of amides is 1. The van der Waals surface area contributed by atoms with Gasteiger partial charge in [-0.2, -0.15) is 5.26 Å². The molecule has 2 N–H and O–H groups in total. The molecule has 0 spiro atoms. The van der Waals surface area contributed by atoms with Gasteiger partial charge in [0.05, 0.1) is 16.7 Å². The van der Waals surface area contributed by atoms with Gasteiger partial charge in [0.2, 0.25) is 0 Å². The normalized spacial score (nSPS) is 21.0. The van der Waals surface area contributed by atoms with Gasteiger partial charge < -0.3 is 15.3 Å². The summed E-state index contributed by atoms with van der Waals surface area (Å²) in [7, 11) is 0. The first-order chi connectivity index (χ1) is 18.4. The Kier molecular flexibility index (Phi) is 10.3. The number of hydrogen-bond acceptors (Lipinski definition) is 5. The first-order valence-corrected chi connectivity index (χ1v) is 14.2. The van der Waals surface area contributed by atoms with E-state index in [0.29, 0.717) is 12.5 Å². The van der Waals surface area contributed by atoms with E-state index in [9.17, 15) is 19.6 Å². The van der Waals surface area contributed by atoms with E-state index in [4.69, 9.17) is 11.6 Å². The number of phenolic OH excluding ortho intramolecular Hbond substituents is 1. The van der Waals surface area contributed by atoms with Crippen molar-refractivity contribution in [2.24, 2.45) is 17.8 Å². The van der Waals surface area contributed by atoms with Gasteiger partial charge in [0.1, 0.15) is 11.6 Å². The number of piperazine rings is 1. The summed E-state index contributed by atoms with van der Waals surface area (Å²) < 4.78 is 13.5. The highest BCUT2D eigenvalue weighted by molar-refractivity contribution is 6.31. The van der Waals surface area contributed by atoms with Gasteiger partial charge in [-0.3, -0.25) is 9.69 Å². The molecule has 1 aliphatic heterocycles. The molecule has 1 unspecified atom stereocenters. The number of nitrogens with zero attached hydrogens (tertiary/aromatic N) is 3. The number of aromatic hydroxyl groups is 1. The zero-order chi connectivity index (χ0) is 26.9. The third kappa shape index (κ3) is 7.61. The van der Waals surface area contributed by atoms with Crippen molar-refractivity contribution in [3.63, 3.8) is 0 Å². The zero-order valence-electron chi connectivity index (χ0n) is 21.9. The quantitative estimate of drug-likeness (QED) is 0.369. The molecule has 6 nitrogen and oxygen atoms in total. The summed E-state index contributed by atoms with van der Waals surface area (Å²) >= 11 is 5.95. The minimum Gasteiger partial charge on any atom is -0.507 e. The van der Waals surface area contributed by atoms with Crippen molar-refractivity contribution in [2.75, 3.05) is 44.2 Å². The van der Waals surface area contributed by atoms with Crippen molar-refractivity contribution >= 4 is 23.2 Å². The molecule has 1 saturated heterocycles. The monoisotopic (exact) mass is 540 g/mol. The van der Waals surface area contributed by atoms with Gasteiger partial charge in [0, 0.05) is 44.3 Å². The Hall–Kier alpha value is -2.82. The summed E-state index contributed by atoms with van der Waals surface area (Å²) in [4.78, 5) is 17.0. The van der Waals surface area contributed by atoms with Gasteiger partial charge in [-0.15, -0.1) is 0 Å². The number of rotatable bonds is 10. The second kappa shape index (κ2) is 13.8. The van der Waals surface area contributed by atoms with Crippen LogP contribution in [-0.2, 0) is 0 Å². The SMILES string of the molecule is N#CC(CCCNC(=O)c1ccccc1O)C1CCC(CCN2CCN(c3ccc(F)c(Cl)c3)CC2)CC1. The number of anilines is 1. The number of carbonyl (C=O) groups excluding carboxylic acids is 1. The van der Waals surface area contributed by atoms with Gasteiger partial charge in [0.25, 0.3) is 5.91 Å². The van der Waals surface area contributed by atoms with Crippen molar-refractivity contribution < 1.29 is 14.3 Å². The molecule has 1 saturated carbocycles. The average Bonchev–Trinajstić information content (AvgIpc) is 2.94. The summed E-state index contributed by atoms with van der Waals surface area (Å²) in [5, 5.41) is 22.6. The van der Waals surface area contributed by atoms with Crippen LogP contribution in [0, 0.1) is 34.9 Å². The molecule has 204 valence electrons. The Bertz CT molecular complexity index is 1110. The fraction of sp³-hybridized carbons (Fsp3) is 0.533. The van der Waals surface area contributed by atoms with Gasteiger partial charge >= 0.3 is 0 Å².